The van der Waals surface area contributed by atoms with E-state index in [0.717, 1.165) is 24.4 Å². The van der Waals surface area contributed by atoms with Gasteiger partial charge < -0.3 is 10.1 Å². The Morgan fingerprint density at radius 1 is 1.40 bits per heavy atom. The molecule has 1 aliphatic carbocycles. The van der Waals surface area contributed by atoms with Gasteiger partial charge in [-0.2, -0.15) is 0 Å². The quantitative estimate of drug-likeness (QED) is 0.850. The number of rotatable bonds is 7. The Bertz CT molecular complexity index is 531. The lowest BCUT2D eigenvalue weighted by Crippen LogP contribution is -2.43. The third kappa shape index (κ3) is 3.03. The molecule has 0 amide bonds. The molecule has 108 valence electrons. The highest BCUT2D eigenvalue weighted by Crippen LogP contribution is 2.36. The van der Waals surface area contributed by atoms with E-state index in [2.05, 4.69) is 36.5 Å². The van der Waals surface area contributed by atoms with Crippen LogP contribution in [0, 0.1) is 5.92 Å². The molecule has 1 fully saturated rings. The van der Waals surface area contributed by atoms with Gasteiger partial charge in [0.15, 0.2) is 0 Å². The van der Waals surface area contributed by atoms with Crippen molar-refractivity contribution >= 4 is 21.6 Å². The van der Waals surface area contributed by atoms with E-state index in [-0.39, 0.29) is 0 Å². The normalized spacial score (nSPS) is 18.3. The van der Waals surface area contributed by atoms with Crippen LogP contribution in [0.2, 0.25) is 0 Å². The Kier molecular flexibility index (Phi) is 4.34. The second-order valence-corrected chi connectivity index (χ2v) is 6.60. The summed E-state index contributed by atoms with van der Waals surface area (Å²) in [5, 5.41) is 4.80. The van der Waals surface area contributed by atoms with Gasteiger partial charge in [0, 0.05) is 19.6 Å². The molecule has 0 saturated heterocycles. The van der Waals surface area contributed by atoms with E-state index >= 15 is 0 Å². The van der Waals surface area contributed by atoms with Gasteiger partial charge in [-0.25, -0.2) is 4.98 Å². The SMILES string of the molecule is CCNC(Cc1nc2ccccc2s1)C(OC)C1CC1. The first-order chi connectivity index (χ1) is 9.81. The number of aromatic nitrogens is 1. The largest absolute Gasteiger partial charge is 0.380 e. The third-order valence-corrected chi connectivity index (χ3v) is 5.01. The maximum absolute atomic E-state index is 5.75. The number of thiazole rings is 1. The molecule has 1 heterocycles. The minimum Gasteiger partial charge on any atom is -0.380 e. The number of hydrogen-bond acceptors (Lipinski definition) is 4. The molecule has 20 heavy (non-hydrogen) atoms. The van der Waals surface area contributed by atoms with Gasteiger partial charge in [-0.3, -0.25) is 0 Å². The zero-order valence-electron chi connectivity index (χ0n) is 12.1. The minimum atomic E-state index is 0.321. The summed E-state index contributed by atoms with van der Waals surface area (Å²) in [4.78, 5) is 4.75. The lowest BCUT2D eigenvalue weighted by Gasteiger charge is -2.26. The maximum atomic E-state index is 5.75. The van der Waals surface area contributed by atoms with Crippen molar-refractivity contribution in [2.24, 2.45) is 5.92 Å². The highest BCUT2D eigenvalue weighted by Gasteiger charge is 2.36. The predicted molar refractivity (Wildman–Crippen MR) is 84.3 cm³/mol. The van der Waals surface area contributed by atoms with Crippen LogP contribution >= 0.6 is 11.3 Å². The monoisotopic (exact) mass is 290 g/mol. The summed E-state index contributed by atoms with van der Waals surface area (Å²) in [5.41, 5.74) is 1.11. The van der Waals surface area contributed by atoms with Crippen LogP contribution < -0.4 is 5.32 Å². The highest BCUT2D eigenvalue weighted by molar-refractivity contribution is 7.18. The van der Waals surface area contributed by atoms with Crippen LogP contribution in [0.3, 0.4) is 0 Å². The molecule has 1 saturated carbocycles. The van der Waals surface area contributed by atoms with Crippen LogP contribution in [0.4, 0.5) is 0 Å². The number of nitrogens with zero attached hydrogens (tertiary/aromatic N) is 1. The summed E-state index contributed by atoms with van der Waals surface area (Å²) < 4.78 is 7.03. The number of likely N-dealkylation sites (N-methyl/N-ethyl adjacent to an activating group) is 1. The third-order valence-electron chi connectivity index (χ3n) is 3.95. The zero-order valence-corrected chi connectivity index (χ0v) is 13.0. The van der Waals surface area contributed by atoms with Crippen LogP contribution in [0.15, 0.2) is 24.3 Å². The van der Waals surface area contributed by atoms with Gasteiger partial charge in [-0.05, 0) is 37.4 Å². The summed E-state index contributed by atoms with van der Waals surface area (Å²) in [6.45, 7) is 3.13. The van der Waals surface area contributed by atoms with E-state index < -0.39 is 0 Å². The molecule has 1 aromatic heterocycles. The molecule has 1 aromatic carbocycles. The first kappa shape index (κ1) is 14.0. The summed E-state index contributed by atoms with van der Waals surface area (Å²) in [7, 11) is 1.84. The number of ether oxygens (including phenoxy) is 1. The summed E-state index contributed by atoms with van der Waals surface area (Å²) in [5.74, 6) is 0.735. The van der Waals surface area contributed by atoms with Gasteiger partial charge in [0.2, 0.25) is 0 Å². The lowest BCUT2D eigenvalue weighted by molar-refractivity contribution is 0.0516. The molecule has 1 aliphatic rings. The molecule has 0 bridgehead atoms. The number of para-hydroxylation sites is 1. The fourth-order valence-electron chi connectivity index (χ4n) is 2.87. The molecule has 0 radical (unpaired) electrons. The van der Waals surface area contributed by atoms with Gasteiger partial charge in [-0.15, -0.1) is 11.3 Å². The number of nitrogens with one attached hydrogen (secondary N) is 1. The van der Waals surface area contributed by atoms with Gasteiger partial charge in [-0.1, -0.05) is 19.1 Å². The minimum absolute atomic E-state index is 0.321. The van der Waals surface area contributed by atoms with Gasteiger partial charge in [0.1, 0.15) is 0 Å². The fourth-order valence-corrected chi connectivity index (χ4v) is 3.90. The van der Waals surface area contributed by atoms with Crippen molar-refractivity contribution in [3.63, 3.8) is 0 Å². The average Bonchev–Trinajstić information content (AvgIpc) is 3.19. The Labute approximate surface area is 124 Å². The van der Waals surface area contributed by atoms with Crippen molar-refractivity contribution in [3.8, 4) is 0 Å². The molecule has 0 spiro atoms. The van der Waals surface area contributed by atoms with E-state index in [4.69, 9.17) is 9.72 Å². The Morgan fingerprint density at radius 3 is 2.85 bits per heavy atom. The molecule has 3 nitrogen and oxygen atoms in total. The van der Waals surface area contributed by atoms with Crippen molar-refractivity contribution < 1.29 is 4.74 Å². The first-order valence-corrected chi connectivity index (χ1v) is 8.24. The van der Waals surface area contributed by atoms with Gasteiger partial charge in [0.05, 0.1) is 21.3 Å². The lowest BCUT2D eigenvalue weighted by atomic mass is 10.0. The number of hydrogen-bond donors (Lipinski definition) is 1. The van der Waals surface area contributed by atoms with Crippen molar-refractivity contribution in [2.45, 2.75) is 38.3 Å². The maximum Gasteiger partial charge on any atom is 0.0955 e. The van der Waals surface area contributed by atoms with Crippen molar-refractivity contribution in [2.75, 3.05) is 13.7 Å². The van der Waals surface area contributed by atoms with Crippen LogP contribution in [0.5, 0.6) is 0 Å². The standard InChI is InChI=1S/C16H22N2OS/c1-3-17-13(16(19-2)11-8-9-11)10-15-18-12-6-4-5-7-14(12)20-15/h4-7,11,13,16-17H,3,8-10H2,1-2H3. The van der Waals surface area contributed by atoms with E-state index in [9.17, 15) is 0 Å². The summed E-state index contributed by atoms with van der Waals surface area (Å²) in [6, 6.07) is 8.74. The first-order valence-electron chi connectivity index (χ1n) is 7.42. The number of methoxy groups -OCH3 is 1. The van der Waals surface area contributed by atoms with Crippen molar-refractivity contribution in [1.29, 1.82) is 0 Å². The molecule has 2 unspecified atom stereocenters. The van der Waals surface area contributed by atoms with Crippen LogP contribution in [-0.2, 0) is 11.2 Å². The molecular formula is C16H22N2OS. The molecule has 4 heteroatoms. The number of fused-ring (bicyclic) bond motifs is 1. The second kappa shape index (κ2) is 6.20. The Balaban J connectivity index is 1.77. The zero-order chi connectivity index (χ0) is 13.9. The van der Waals surface area contributed by atoms with E-state index in [1.807, 2.05) is 7.11 Å². The Hall–Kier alpha value is -0.970. The van der Waals surface area contributed by atoms with E-state index in [0.29, 0.717) is 12.1 Å². The van der Waals surface area contributed by atoms with Crippen LogP contribution in [0.1, 0.15) is 24.8 Å². The highest BCUT2D eigenvalue weighted by atomic mass is 32.1. The molecule has 2 aromatic rings. The van der Waals surface area contributed by atoms with Gasteiger partial charge >= 0.3 is 0 Å². The summed E-state index contributed by atoms with van der Waals surface area (Å²) >= 11 is 1.80. The number of benzene rings is 1. The van der Waals surface area contributed by atoms with Gasteiger partial charge in [0.25, 0.3) is 0 Å². The fraction of sp³-hybridized carbons (Fsp3) is 0.562. The predicted octanol–water partition coefficient (Wildman–Crippen LogP) is 3.24. The van der Waals surface area contributed by atoms with Crippen molar-refractivity contribution in [3.05, 3.63) is 29.3 Å². The second-order valence-electron chi connectivity index (χ2n) is 5.48. The van der Waals surface area contributed by atoms with Crippen LogP contribution in [0.25, 0.3) is 10.2 Å². The Morgan fingerprint density at radius 2 is 2.20 bits per heavy atom. The molecule has 1 N–H and O–H groups in total. The van der Waals surface area contributed by atoms with E-state index in [1.54, 1.807) is 11.3 Å². The molecule has 3 rings (SSSR count). The van der Waals surface area contributed by atoms with E-state index in [1.165, 1.54) is 22.5 Å². The molecular weight excluding hydrogens is 268 g/mol. The topological polar surface area (TPSA) is 34.2 Å². The van der Waals surface area contributed by atoms with Crippen molar-refractivity contribution in [1.82, 2.24) is 10.3 Å². The molecule has 2 atom stereocenters. The van der Waals surface area contributed by atoms with Crippen LogP contribution in [-0.4, -0.2) is 30.8 Å². The molecule has 0 aliphatic heterocycles. The smallest absolute Gasteiger partial charge is 0.0955 e. The average molecular weight is 290 g/mol. The summed E-state index contributed by atoms with van der Waals surface area (Å²) in [6.07, 6.45) is 3.89.